The van der Waals surface area contributed by atoms with Gasteiger partial charge in [-0.15, -0.1) is 17.5 Å². The lowest BCUT2D eigenvalue weighted by atomic mass is 10.00. The minimum atomic E-state index is -0.462. The van der Waals surface area contributed by atoms with Crippen molar-refractivity contribution in [3.63, 3.8) is 0 Å². The van der Waals surface area contributed by atoms with Crippen molar-refractivity contribution in [2.75, 3.05) is 13.1 Å². The molecule has 1 unspecified atom stereocenters. The molecule has 0 radical (unpaired) electrons. The van der Waals surface area contributed by atoms with Crippen LogP contribution in [0, 0.1) is 0 Å². The van der Waals surface area contributed by atoms with Gasteiger partial charge in [0.25, 0.3) is 0 Å². The van der Waals surface area contributed by atoms with Gasteiger partial charge in [0.1, 0.15) is 0 Å². The van der Waals surface area contributed by atoms with Crippen LogP contribution in [0.4, 0.5) is 0 Å². The average molecular weight is 206 g/mol. The first kappa shape index (κ1) is 10.3. The van der Waals surface area contributed by atoms with Crippen LogP contribution in [-0.2, 0) is 0 Å². The third-order valence-electron chi connectivity index (χ3n) is 2.10. The number of hydrogen-bond donors (Lipinski definition) is 2. The van der Waals surface area contributed by atoms with Crippen molar-refractivity contribution >= 4 is 12.4 Å². The number of nitrogens with one attached hydrogen (secondary N) is 2. The predicted molar refractivity (Wildman–Crippen MR) is 49.2 cm³/mol. The first-order valence-corrected chi connectivity index (χ1v) is 4.12. The normalized spacial score (nSPS) is 22.3. The third-order valence-corrected chi connectivity index (χ3v) is 2.10. The van der Waals surface area contributed by atoms with E-state index in [-0.39, 0.29) is 18.3 Å². The van der Waals surface area contributed by atoms with Gasteiger partial charge in [-0.1, -0.05) is 0 Å². The molecule has 13 heavy (non-hydrogen) atoms. The number of aromatic nitrogens is 2. The van der Waals surface area contributed by atoms with Crippen LogP contribution in [-0.4, -0.2) is 23.3 Å². The van der Waals surface area contributed by atoms with E-state index in [1.54, 1.807) is 0 Å². The highest BCUT2D eigenvalue weighted by atomic mass is 35.5. The van der Waals surface area contributed by atoms with Crippen LogP contribution in [0.3, 0.4) is 0 Å². The Labute approximate surface area is 81.3 Å². The van der Waals surface area contributed by atoms with Gasteiger partial charge in [0.15, 0.2) is 0 Å². The van der Waals surface area contributed by atoms with E-state index in [1.165, 1.54) is 0 Å². The molecule has 1 fully saturated rings. The molecule has 1 saturated heterocycles. The second-order valence-electron chi connectivity index (χ2n) is 2.99. The number of hydrogen-bond acceptors (Lipinski definition) is 4. The Kier molecular flexibility index (Phi) is 3.50. The maximum absolute atomic E-state index is 10.6. The molecule has 0 aromatic carbocycles. The highest BCUT2D eigenvalue weighted by Crippen LogP contribution is 2.19. The zero-order valence-corrected chi connectivity index (χ0v) is 7.89. The smallest absolute Gasteiger partial charge is 0.392 e. The molecule has 0 aliphatic carbocycles. The number of rotatable bonds is 1. The zero-order chi connectivity index (χ0) is 8.39. The molecule has 5 nitrogen and oxygen atoms in total. The number of piperidine rings is 1. The highest BCUT2D eigenvalue weighted by molar-refractivity contribution is 5.85. The van der Waals surface area contributed by atoms with E-state index in [2.05, 4.69) is 15.5 Å². The van der Waals surface area contributed by atoms with Gasteiger partial charge in [-0.05, 0) is 19.4 Å². The molecule has 1 aliphatic heterocycles. The van der Waals surface area contributed by atoms with Crippen molar-refractivity contribution in [1.82, 2.24) is 15.5 Å². The number of aromatic amines is 1. The SMILES string of the molecule is Cl.O=c1[nH]nc(C2CCCNC2)o1. The summed E-state index contributed by atoms with van der Waals surface area (Å²) in [4.78, 5) is 10.6. The summed E-state index contributed by atoms with van der Waals surface area (Å²) in [5, 5.41) is 9.29. The lowest BCUT2D eigenvalue weighted by molar-refractivity contribution is 0.366. The average Bonchev–Trinajstić information content (AvgIpc) is 2.54. The van der Waals surface area contributed by atoms with Crippen LogP contribution in [0.1, 0.15) is 24.7 Å². The molecular weight excluding hydrogens is 194 g/mol. The summed E-state index contributed by atoms with van der Waals surface area (Å²) < 4.78 is 4.86. The molecule has 6 heteroatoms. The van der Waals surface area contributed by atoms with Crippen LogP contribution in [0.5, 0.6) is 0 Å². The topological polar surface area (TPSA) is 70.9 Å². The van der Waals surface area contributed by atoms with Gasteiger partial charge in [0.2, 0.25) is 5.89 Å². The molecular formula is C7H12ClN3O2. The van der Waals surface area contributed by atoms with Crippen LogP contribution >= 0.6 is 12.4 Å². The van der Waals surface area contributed by atoms with Crippen molar-refractivity contribution in [2.24, 2.45) is 0 Å². The zero-order valence-electron chi connectivity index (χ0n) is 7.08. The summed E-state index contributed by atoms with van der Waals surface area (Å²) in [6, 6.07) is 0. The van der Waals surface area contributed by atoms with E-state index in [9.17, 15) is 4.79 Å². The van der Waals surface area contributed by atoms with Gasteiger partial charge >= 0.3 is 5.76 Å². The van der Waals surface area contributed by atoms with Gasteiger partial charge in [0, 0.05) is 12.5 Å². The second-order valence-corrected chi connectivity index (χ2v) is 2.99. The van der Waals surface area contributed by atoms with Crippen LogP contribution in [0.15, 0.2) is 9.21 Å². The Morgan fingerprint density at radius 1 is 1.54 bits per heavy atom. The fourth-order valence-corrected chi connectivity index (χ4v) is 1.48. The summed E-state index contributed by atoms with van der Waals surface area (Å²) >= 11 is 0. The quantitative estimate of drug-likeness (QED) is 0.690. The molecule has 74 valence electrons. The largest absolute Gasteiger partial charge is 0.434 e. The van der Waals surface area contributed by atoms with Gasteiger partial charge in [0.05, 0.1) is 0 Å². The summed E-state index contributed by atoms with van der Waals surface area (Å²) in [6.07, 6.45) is 2.15. The lowest BCUT2D eigenvalue weighted by Crippen LogP contribution is -2.28. The standard InChI is InChI=1S/C7H11N3O2.ClH/c11-7-10-9-6(12-7)5-2-1-3-8-4-5;/h5,8H,1-4H2,(H,10,11);1H. The molecule has 2 N–H and O–H groups in total. The number of halogens is 1. The fraction of sp³-hybridized carbons (Fsp3) is 0.714. The van der Waals surface area contributed by atoms with Crippen molar-refractivity contribution in [1.29, 1.82) is 0 Å². The molecule has 0 spiro atoms. The molecule has 1 aromatic heterocycles. The van der Waals surface area contributed by atoms with Crippen LogP contribution in [0.2, 0.25) is 0 Å². The van der Waals surface area contributed by atoms with Gasteiger partial charge in [-0.2, -0.15) is 0 Å². The number of H-pyrrole nitrogens is 1. The number of nitrogens with zero attached hydrogens (tertiary/aromatic N) is 1. The first-order valence-electron chi connectivity index (χ1n) is 4.12. The van der Waals surface area contributed by atoms with Crippen LogP contribution < -0.4 is 11.1 Å². The Bertz CT molecular complexity index is 303. The van der Waals surface area contributed by atoms with E-state index < -0.39 is 5.76 Å². The maximum atomic E-state index is 10.6. The summed E-state index contributed by atoms with van der Waals surface area (Å²) in [6.45, 7) is 1.90. The summed E-state index contributed by atoms with van der Waals surface area (Å²) in [5.74, 6) is 0.334. The van der Waals surface area contributed by atoms with Crippen molar-refractivity contribution < 1.29 is 4.42 Å². The Morgan fingerprint density at radius 2 is 2.38 bits per heavy atom. The van der Waals surface area contributed by atoms with Crippen molar-refractivity contribution in [3.8, 4) is 0 Å². The van der Waals surface area contributed by atoms with Gasteiger partial charge in [-0.25, -0.2) is 9.89 Å². The van der Waals surface area contributed by atoms with E-state index in [0.29, 0.717) is 5.89 Å². The van der Waals surface area contributed by atoms with Crippen molar-refractivity contribution in [2.45, 2.75) is 18.8 Å². The summed E-state index contributed by atoms with van der Waals surface area (Å²) in [7, 11) is 0. The summed E-state index contributed by atoms with van der Waals surface area (Å²) in [5.41, 5.74) is 0. The Balaban J connectivity index is 0.000000845. The molecule has 2 rings (SSSR count). The minimum absolute atomic E-state index is 0. The molecule has 1 aliphatic rings. The molecule has 0 amide bonds. The molecule has 1 aromatic rings. The maximum Gasteiger partial charge on any atom is 0.434 e. The monoisotopic (exact) mass is 205 g/mol. The van der Waals surface area contributed by atoms with Crippen LogP contribution in [0.25, 0.3) is 0 Å². The second kappa shape index (κ2) is 4.43. The van der Waals surface area contributed by atoms with Gasteiger partial charge < -0.3 is 9.73 Å². The lowest BCUT2D eigenvalue weighted by Gasteiger charge is -2.18. The fourth-order valence-electron chi connectivity index (χ4n) is 1.48. The van der Waals surface area contributed by atoms with E-state index >= 15 is 0 Å². The molecule has 1 atom stereocenters. The first-order chi connectivity index (χ1) is 5.86. The highest BCUT2D eigenvalue weighted by Gasteiger charge is 2.19. The Morgan fingerprint density at radius 3 is 2.92 bits per heavy atom. The van der Waals surface area contributed by atoms with E-state index in [4.69, 9.17) is 4.42 Å². The Hall–Kier alpha value is -0.810. The van der Waals surface area contributed by atoms with E-state index in [0.717, 1.165) is 25.9 Å². The minimum Gasteiger partial charge on any atom is -0.392 e. The molecule has 0 saturated carbocycles. The molecule has 2 heterocycles. The predicted octanol–water partition coefficient (Wildman–Crippen LogP) is 0.252. The van der Waals surface area contributed by atoms with Crippen molar-refractivity contribution in [3.05, 3.63) is 16.4 Å². The van der Waals surface area contributed by atoms with E-state index in [1.807, 2.05) is 0 Å². The third kappa shape index (κ3) is 2.32. The molecule has 0 bridgehead atoms. The van der Waals surface area contributed by atoms with Gasteiger partial charge in [-0.3, -0.25) is 0 Å².